The monoisotopic (exact) mass is 533 g/mol. The first-order valence-electron chi connectivity index (χ1n) is 11.5. The standard InChI is InChI=1S/C27H26F3NO5S/c1-17-7-4-5-10-22(17)18-11-12-24-23(13-18)31(16-20(36-24)15-26(2,3)25(32)33)37(34,35)21-9-6-8-19(14-21)27(28,29)30/h4-14,20H,15-16H2,1-3H3,(H,32,33)/t20-/m0/s1. The quantitative estimate of drug-likeness (QED) is 0.412. The summed E-state index contributed by atoms with van der Waals surface area (Å²) in [6.45, 7) is 4.65. The lowest BCUT2D eigenvalue weighted by Crippen LogP contribution is -2.46. The molecule has 0 bridgehead atoms. The highest BCUT2D eigenvalue weighted by molar-refractivity contribution is 7.92. The number of nitrogens with zero attached hydrogens (tertiary/aromatic N) is 1. The Labute approximate surface area is 213 Å². The van der Waals surface area contributed by atoms with Crippen molar-refractivity contribution in [1.82, 2.24) is 0 Å². The van der Waals surface area contributed by atoms with Crippen molar-refractivity contribution in [3.05, 3.63) is 77.9 Å². The molecule has 0 aliphatic carbocycles. The van der Waals surface area contributed by atoms with Crippen molar-refractivity contribution in [3.63, 3.8) is 0 Å². The van der Waals surface area contributed by atoms with E-state index in [-0.39, 0.29) is 24.4 Å². The number of anilines is 1. The zero-order chi connectivity index (χ0) is 27.2. The number of halogens is 3. The highest BCUT2D eigenvalue weighted by Crippen LogP contribution is 2.42. The largest absolute Gasteiger partial charge is 0.486 e. The lowest BCUT2D eigenvalue weighted by atomic mass is 9.86. The lowest BCUT2D eigenvalue weighted by molar-refractivity contribution is -0.148. The number of carboxylic acids is 1. The first-order chi connectivity index (χ1) is 17.2. The molecule has 1 aliphatic heterocycles. The minimum atomic E-state index is -4.72. The maximum atomic E-state index is 13.8. The van der Waals surface area contributed by atoms with Crippen molar-refractivity contribution in [1.29, 1.82) is 0 Å². The van der Waals surface area contributed by atoms with E-state index >= 15 is 0 Å². The molecule has 1 atom stereocenters. The number of sulfonamides is 1. The molecule has 10 heteroatoms. The summed E-state index contributed by atoms with van der Waals surface area (Å²) in [5.41, 5.74) is 0.369. The Morgan fingerprint density at radius 1 is 1.05 bits per heavy atom. The van der Waals surface area contributed by atoms with Gasteiger partial charge in [-0.15, -0.1) is 0 Å². The van der Waals surface area contributed by atoms with Gasteiger partial charge in [-0.2, -0.15) is 13.2 Å². The molecule has 0 spiro atoms. The van der Waals surface area contributed by atoms with E-state index in [0.29, 0.717) is 11.6 Å². The second-order valence-electron chi connectivity index (χ2n) is 9.69. The number of hydrogen-bond donors (Lipinski definition) is 1. The fourth-order valence-corrected chi connectivity index (χ4v) is 5.87. The smallest absolute Gasteiger partial charge is 0.416 e. The van der Waals surface area contributed by atoms with Crippen LogP contribution in [0, 0.1) is 12.3 Å². The molecule has 0 unspecified atom stereocenters. The third kappa shape index (κ3) is 5.29. The van der Waals surface area contributed by atoms with Gasteiger partial charge in [-0.1, -0.05) is 36.4 Å². The molecule has 4 rings (SSSR count). The maximum Gasteiger partial charge on any atom is 0.416 e. The van der Waals surface area contributed by atoms with Crippen LogP contribution in [0.2, 0.25) is 0 Å². The number of carboxylic acid groups (broad SMARTS) is 1. The van der Waals surface area contributed by atoms with Gasteiger partial charge in [-0.05, 0) is 67.8 Å². The van der Waals surface area contributed by atoms with E-state index in [2.05, 4.69) is 0 Å². The summed E-state index contributed by atoms with van der Waals surface area (Å²) in [7, 11) is -4.47. The summed E-state index contributed by atoms with van der Waals surface area (Å²) in [4.78, 5) is 11.2. The minimum absolute atomic E-state index is 0.0179. The minimum Gasteiger partial charge on any atom is -0.486 e. The summed E-state index contributed by atoms with van der Waals surface area (Å²) in [5, 5.41) is 9.57. The third-order valence-corrected chi connectivity index (χ3v) is 8.19. The number of aryl methyl sites for hydroxylation is 1. The molecule has 1 heterocycles. The second-order valence-corrected chi connectivity index (χ2v) is 11.6. The zero-order valence-corrected chi connectivity index (χ0v) is 21.2. The number of rotatable bonds is 6. The Kier molecular flexibility index (Phi) is 6.74. The van der Waals surface area contributed by atoms with Crippen molar-refractivity contribution >= 4 is 21.7 Å². The molecule has 0 aromatic heterocycles. The van der Waals surface area contributed by atoms with E-state index < -0.39 is 44.1 Å². The molecule has 3 aromatic carbocycles. The third-order valence-electron chi connectivity index (χ3n) is 6.41. The molecule has 196 valence electrons. The molecule has 0 amide bonds. The van der Waals surface area contributed by atoms with Crippen LogP contribution in [0.4, 0.5) is 18.9 Å². The van der Waals surface area contributed by atoms with Crippen LogP contribution in [-0.2, 0) is 21.0 Å². The molecule has 0 radical (unpaired) electrons. The van der Waals surface area contributed by atoms with E-state index in [1.807, 2.05) is 31.2 Å². The zero-order valence-electron chi connectivity index (χ0n) is 20.4. The number of hydrogen-bond acceptors (Lipinski definition) is 4. The number of benzene rings is 3. The molecular weight excluding hydrogens is 507 g/mol. The van der Waals surface area contributed by atoms with Crippen LogP contribution < -0.4 is 9.04 Å². The second kappa shape index (κ2) is 9.41. The van der Waals surface area contributed by atoms with Gasteiger partial charge < -0.3 is 9.84 Å². The molecule has 3 aromatic rings. The number of alkyl halides is 3. The van der Waals surface area contributed by atoms with Gasteiger partial charge in [0, 0.05) is 6.42 Å². The molecule has 1 aliphatic rings. The van der Waals surface area contributed by atoms with Crippen LogP contribution in [-0.4, -0.2) is 32.1 Å². The normalized spacial score (nSPS) is 16.2. The maximum absolute atomic E-state index is 13.8. The van der Waals surface area contributed by atoms with Crippen molar-refractivity contribution < 1.29 is 36.2 Å². The topological polar surface area (TPSA) is 83.9 Å². The summed E-state index contributed by atoms with van der Waals surface area (Å²) in [5.74, 6) is -0.880. The van der Waals surface area contributed by atoms with Crippen molar-refractivity contribution in [2.24, 2.45) is 5.41 Å². The van der Waals surface area contributed by atoms with E-state index in [1.54, 1.807) is 18.2 Å². The van der Waals surface area contributed by atoms with E-state index in [4.69, 9.17) is 4.74 Å². The summed E-state index contributed by atoms with van der Waals surface area (Å²) in [6, 6.07) is 16.1. The number of carbonyl (C=O) groups is 1. The van der Waals surface area contributed by atoms with Crippen LogP contribution in [0.3, 0.4) is 0 Å². The average molecular weight is 534 g/mol. The highest BCUT2D eigenvalue weighted by atomic mass is 32.2. The van der Waals surface area contributed by atoms with Crippen LogP contribution in [0.15, 0.2) is 71.6 Å². The van der Waals surface area contributed by atoms with Gasteiger partial charge in [0.05, 0.1) is 28.1 Å². The molecule has 6 nitrogen and oxygen atoms in total. The predicted octanol–water partition coefficient (Wildman–Crippen LogP) is 6.14. The van der Waals surface area contributed by atoms with E-state index in [1.165, 1.54) is 13.8 Å². The van der Waals surface area contributed by atoms with Crippen molar-refractivity contribution in [2.75, 3.05) is 10.8 Å². The summed E-state index contributed by atoms with van der Waals surface area (Å²) in [6.07, 6.45) is -5.58. The van der Waals surface area contributed by atoms with Crippen LogP contribution >= 0.6 is 0 Å². The fraction of sp³-hybridized carbons (Fsp3) is 0.296. The SMILES string of the molecule is Cc1ccccc1-c1ccc2c(c1)N(S(=O)(=O)c1cccc(C(F)(F)F)c1)C[C@H](CC(C)(C)C(=O)O)O2. The van der Waals surface area contributed by atoms with Crippen LogP contribution in [0.5, 0.6) is 5.75 Å². The van der Waals surface area contributed by atoms with Crippen LogP contribution in [0.1, 0.15) is 31.4 Å². The Morgan fingerprint density at radius 3 is 2.41 bits per heavy atom. The number of aliphatic carboxylic acids is 1. The van der Waals surface area contributed by atoms with Gasteiger partial charge in [0.2, 0.25) is 0 Å². The van der Waals surface area contributed by atoms with Crippen molar-refractivity contribution in [2.45, 2.75) is 44.4 Å². The molecule has 1 N–H and O–H groups in total. The number of fused-ring (bicyclic) bond motifs is 1. The first kappa shape index (κ1) is 26.5. The number of ether oxygens (including phenoxy) is 1. The Balaban J connectivity index is 1.85. The van der Waals surface area contributed by atoms with E-state index in [9.17, 15) is 31.5 Å². The Hall–Kier alpha value is -3.53. The highest BCUT2D eigenvalue weighted by Gasteiger charge is 2.40. The Bertz CT molecular complexity index is 1450. The van der Waals surface area contributed by atoms with Gasteiger partial charge in [0.15, 0.2) is 0 Å². The van der Waals surface area contributed by atoms with Gasteiger partial charge >= 0.3 is 12.1 Å². The predicted molar refractivity (Wildman–Crippen MR) is 133 cm³/mol. The van der Waals surface area contributed by atoms with Crippen molar-refractivity contribution in [3.8, 4) is 16.9 Å². The van der Waals surface area contributed by atoms with Gasteiger partial charge in [0.25, 0.3) is 10.0 Å². The average Bonchev–Trinajstić information content (AvgIpc) is 2.83. The molecule has 0 saturated heterocycles. The summed E-state index contributed by atoms with van der Waals surface area (Å²) >= 11 is 0. The van der Waals surface area contributed by atoms with Crippen LogP contribution in [0.25, 0.3) is 11.1 Å². The van der Waals surface area contributed by atoms with Gasteiger partial charge in [0.1, 0.15) is 11.9 Å². The molecule has 0 fully saturated rings. The van der Waals surface area contributed by atoms with Gasteiger partial charge in [-0.25, -0.2) is 8.42 Å². The summed E-state index contributed by atoms with van der Waals surface area (Å²) < 4.78 is 74.7. The molecule has 37 heavy (non-hydrogen) atoms. The van der Waals surface area contributed by atoms with E-state index in [0.717, 1.165) is 33.6 Å². The first-order valence-corrected chi connectivity index (χ1v) is 12.9. The van der Waals surface area contributed by atoms with Gasteiger partial charge in [-0.3, -0.25) is 9.10 Å². The molecule has 0 saturated carbocycles. The fourth-order valence-electron chi connectivity index (χ4n) is 4.33. The lowest BCUT2D eigenvalue weighted by Gasteiger charge is -2.38. The Morgan fingerprint density at radius 2 is 1.76 bits per heavy atom. The molecular formula is C27H26F3NO5S.